The molecule has 0 bridgehead atoms. The lowest BCUT2D eigenvalue weighted by Crippen LogP contribution is -2.33. The summed E-state index contributed by atoms with van der Waals surface area (Å²) < 4.78 is 0. The minimum atomic E-state index is 0.111. The van der Waals surface area contributed by atoms with Crippen LogP contribution in [0.4, 0.5) is 0 Å². The molecule has 3 N–H and O–H groups in total. The average molecular weight is 204 g/mol. The van der Waals surface area contributed by atoms with Gasteiger partial charge in [0.15, 0.2) is 0 Å². The molecule has 0 saturated carbocycles. The maximum absolute atomic E-state index is 11.2. The van der Waals surface area contributed by atoms with Crippen LogP contribution in [0.3, 0.4) is 0 Å². The van der Waals surface area contributed by atoms with Gasteiger partial charge in [0.05, 0.1) is 5.75 Å². The molecule has 4 heteroatoms. The largest absolute Gasteiger partial charge is 0.353 e. The smallest absolute Gasteiger partial charge is 0.230 e. The van der Waals surface area contributed by atoms with E-state index in [0.29, 0.717) is 5.75 Å². The molecular formula is C9H20N2OS. The van der Waals surface area contributed by atoms with E-state index in [9.17, 15) is 4.79 Å². The van der Waals surface area contributed by atoms with Crippen molar-refractivity contribution < 1.29 is 4.79 Å². The Bertz CT molecular complexity index is 151. The summed E-state index contributed by atoms with van der Waals surface area (Å²) in [6.07, 6.45) is 0.976. The van der Waals surface area contributed by atoms with E-state index in [4.69, 9.17) is 5.73 Å². The Morgan fingerprint density at radius 3 is 2.62 bits per heavy atom. The summed E-state index contributed by atoms with van der Waals surface area (Å²) in [5, 5.41) is 2.90. The quantitative estimate of drug-likeness (QED) is 0.678. The van der Waals surface area contributed by atoms with Crippen molar-refractivity contribution in [1.29, 1.82) is 0 Å². The lowest BCUT2D eigenvalue weighted by Gasteiger charge is -2.11. The van der Waals surface area contributed by atoms with Crippen molar-refractivity contribution in [3.05, 3.63) is 0 Å². The Labute approximate surface area is 84.8 Å². The van der Waals surface area contributed by atoms with E-state index < -0.39 is 0 Å². The number of hydrogen-bond acceptors (Lipinski definition) is 3. The summed E-state index contributed by atoms with van der Waals surface area (Å²) in [7, 11) is 0. The Morgan fingerprint density at radius 2 is 2.15 bits per heavy atom. The molecule has 0 aliphatic carbocycles. The van der Waals surface area contributed by atoms with E-state index in [2.05, 4.69) is 12.2 Å². The van der Waals surface area contributed by atoms with Crippen LogP contribution in [-0.4, -0.2) is 29.5 Å². The van der Waals surface area contributed by atoms with Gasteiger partial charge in [0, 0.05) is 17.8 Å². The first-order valence-electron chi connectivity index (χ1n) is 4.69. The maximum atomic E-state index is 11.2. The van der Waals surface area contributed by atoms with Crippen molar-refractivity contribution in [3.8, 4) is 0 Å². The molecule has 13 heavy (non-hydrogen) atoms. The van der Waals surface area contributed by atoms with Crippen LogP contribution in [0.15, 0.2) is 0 Å². The third-order valence-electron chi connectivity index (χ3n) is 1.63. The van der Waals surface area contributed by atoms with Crippen molar-refractivity contribution >= 4 is 17.7 Å². The molecule has 0 spiro atoms. The minimum absolute atomic E-state index is 0.111. The van der Waals surface area contributed by atoms with Crippen LogP contribution in [0.5, 0.6) is 0 Å². The van der Waals surface area contributed by atoms with Crippen LogP contribution in [-0.2, 0) is 4.79 Å². The topological polar surface area (TPSA) is 55.1 Å². The number of hydrogen-bond donors (Lipinski definition) is 2. The van der Waals surface area contributed by atoms with E-state index in [1.807, 2.05) is 13.8 Å². The van der Waals surface area contributed by atoms with Gasteiger partial charge in [-0.3, -0.25) is 4.79 Å². The highest BCUT2D eigenvalue weighted by Crippen LogP contribution is 2.01. The molecule has 0 heterocycles. The molecule has 0 aliphatic rings. The van der Waals surface area contributed by atoms with Gasteiger partial charge in [-0.15, -0.1) is 0 Å². The number of nitrogens with two attached hydrogens (primary N) is 1. The monoisotopic (exact) mass is 204 g/mol. The summed E-state index contributed by atoms with van der Waals surface area (Å²) >= 11 is 1.58. The van der Waals surface area contributed by atoms with Crippen LogP contribution in [0.1, 0.15) is 27.2 Å². The standard InChI is InChI=1S/C9H20N2OS/c1-4-8(3)11-9(12)6-13-5-7(2)10/h7-8H,4-6,10H2,1-3H3,(H,11,12). The number of rotatable bonds is 6. The van der Waals surface area contributed by atoms with E-state index in [1.165, 1.54) is 0 Å². The fraction of sp³-hybridized carbons (Fsp3) is 0.889. The number of nitrogens with one attached hydrogen (secondary N) is 1. The van der Waals surface area contributed by atoms with Gasteiger partial charge in [0.2, 0.25) is 5.91 Å². The maximum Gasteiger partial charge on any atom is 0.230 e. The molecule has 0 aromatic rings. The Kier molecular flexibility index (Phi) is 7.09. The highest BCUT2D eigenvalue weighted by atomic mass is 32.2. The molecule has 2 atom stereocenters. The van der Waals surface area contributed by atoms with E-state index in [-0.39, 0.29) is 18.0 Å². The lowest BCUT2D eigenvalue weighted by molar-refractivity contribution is -0.119. The number of carbonyl (C=O) groups excluding carboxylic acids is 1. The Balaban J connectivity index is 3.41. The summed E-state index contributed by atoms with van der Waals surface area (Å²) in [4.78, 5) is 11.2. The zero-order valence-corrected chi connectivity index (χ0v) is 9.49. The molecule has 3 nitrogen and oxygen atoms in total. The van der Waals surface area contributed by atoms with Gasteiger partial charge in [-0.1, -0.05) is 6.92 Å². The molecule has 2 unspecified atom stereocenters. The van der Waals surface area contributed by atoms with E-state index in [0.717, 1.165) is 12.2 Å². The van der Waals surface area contributed by atoms with Gasteiger partial charge in [0.25, 0.3) is 0 Å². The highest BCUT2D eigenvalue weighted by Gasteiger charge is 2.05. The van der Waals surface area contributed by atoms with Gasteiger partial charge in [-0.25, -0.2) is 0 Å². The van der Waals surface area contributed by atoms with Gasteiger partial charge in [0.1, 0.15) is 0 Å². The Morgan fingerprint density at radius 1 is 1.54 bits per heavy atom. The molecule has 0 aromatic carbocycles. The molecular weight excluding hydrogens is 184 g/mol. The van der Waals surface area contributed by atoms with Crippen LogP contribution in [0, 0.1) is 0 Å². The second-order valence-corrected chi connectivity index (χ2v) is 4.40. The third kappa shape index (κ3) is 8.12. The summed E-state index contributed by atoms with van der Waals surface area (Å²) in [5.74, 6) is 1.47. The summed E-state index contributed by atoms with van der Waals surface area (Å²) in [6, 6.07) is 0.449. The van der Waals surface area contributed by atoms with E-state index >= 15 is 0 Å². The first-order valence-corrected chi connectivity index (χ1v) is 5.84. The van der Waals surface area contributed by atoms with Crippen LogP contribution in [0.25, 0.3) is 0 Å². The molecule has 0 radical (unpaired) electrons. The summed E-state index contributed by atoms with van der Waals surface area (Å²) in [6.45, 7) is 6.01. The average Bonchev–Trinajstić information content (AvgIpc) is 2.03. The molecule has 78 valence electrons. The first-order chi connectivity index (χ1) is 6.06. The summed E-state index contributed by atoms with van der Waals surface area (Å²) in [5.41, 5.74) is 5.55. The molecule has 0 fully saturated rings. The third-order valence-corrected chi connectivity index (χ3v) is 2.86. The van der Waals surface area contributed by atoms with E-state index in [1.54, 1.807) is 11.8 Å². The molecule has 0 rings (SSSR count). The zero-order chi connectivity index (χ0) is 10.3. The first kappa shape index (κ1) is 12.8. The van der Waals surface area contributed by atoms with Crippen LogP contribution < -0.4 is 11.1 Å². The normalized spacial score (nSPS) is 15.1. The van der Waals surface area contributed by atoms with Crippen molar-refractivity contribution in [2.45, 2.75) is 39.3 Å². The lowest BCUT2D eigenvalue weighted by atomic mass is 10.3. The predicted octanol–water partition coefficient (Wildman–Crippen LogP) is 0.981. The number of carbonyl (C=O) groups is 1. The SMILES string of the molecule is CCC(C)NC(=O)CSCC(C)N. The predicted molar refractivity (Wildman–Crippen MR) is 58.9 cm³/mol. The molecule has 0 aliphatic heterocycles. The molecule has 0 saturated heterocycles. The molecule has 1 amide bonds. The Hall–Kier alpha value is -0.220. The van der Waals surface area contributed by atoms with Gasteiger partial charge in [-0.05, 0) is 20.3 Å². The fourth-order valence-electron chi connectivity index (χ4n) is 0.756. The van der Waals surface area contributed by atoms with Crippen molar-refractivity contribution in [2.24, 2.45) is 5.73 Å². The number of thioether (sulfide) groups is 1. The van der Waals surface area contributed by atoms with Crippen molar-refractivity contribution in [2.75, 3.05) is 11.5 Å². The van der Waals surface area contributed by atoms with Crippen LogP contribution in [0.2, 0.25) is 0 Å². The van der Waals surface area contributed by atoms with Gasteiger partial charge < -0.3 is 11.1 Å². The minimum Gasteiger partial charge on any atom is -0.353 e. The number of amides is 1. The second-order valence-electron chi connectivity index (χ2n) is 3.37. The van der Waals surface area contributed by atoms with Gasteiger partial charge >= 0.3 is 0 Å². The zero-order valence-electron chi connectivity index (χ0n) is 8.67. The van der Waals surface area contributed by atoms with Crippen molar-refractivity contribution in [1.82, 2.24) is 5.32 Å². The molecule has 0 aromatic heterocycles. The fourth-order valence-corrected chi connectivity index (χ4v) is 1.51. The highest BCUT2D eigenvalue weighted by molar-refractivity contribution is 7.99. The van der Waals surface area contributed by atoms with Crippen molar-refractivity contribution in [3.63, 3.8) is 0 Å². The van der Waals surface area contributed by atoms with Gasteiger partial charge in [-0.2, -0.15) is 11.8 Å². The second kappa shape index (κ2) is 7.21. The van der Waals surface area contributed by atoms with Crippen LogP contribution >= 0.6 is 11.8 Å².